The molecule has 0 bridgehead atoms. The normalized spacial score (nSPS) is 24.1. The number of carbonyl (C=O) groups is 1. The highest BCUT2D eigenvalue weighted by Gasteiger charge is 2.24. The maximum absolute atomic E-state index is 11.0. The largest absolute Gasteiger partial charge is 0.477 e. The third kappa shape index (κ3) is 3.28. The van der Waals surface area contributed by atoms with E-state index in [2.05, 4.69) is 11.6 Å². The smallest absolute Gasteiger partial charge is 0.346 e. The van der Waals surface area contributed by atoms with Gasteiger partial charge in [-0.1, -0.05) is 12.8 Å². The quantitative estimate of drug-likeness (QED) is 0.872. The highest BCUT2D eigenvalue weighted by atomic mass is 32.2. The molecule has 1 aliphatic rings. The molecule has 1 aliphatic carbocycles. The van der Waals surface area contributed by atoms with E-state index in [1.165, 1.54) is 37.0 Å². The molecule has 3 nitrogen and oxygen atoms in total. The molecule has 0 aliphatic heterocycles. The lowest BCUT2D eigenvalue weighted by atomic mass is 9.94. The fraction of sp³-hybridized carbons (Fsp3) is 0.615. The minimum absolute atomic E-state index is 0.471. The monoisotopic (exact) mass is 285 g/mol. The first-order valence-corrected chi connectivity index (χ1v) is 8.45. The molecule has 1 saturated carbocycles. The second kappa shape index (κ2) is 6.59. The van der Waals surface area contributed by atoms with Crippen molar-refractivity contribution in [1.82, 2.24) is 5.32 Å². The summed E-state index contributed by atoms with van der Waals surface area (Å²) in [6, 6.07) is 2.44. The van der Waals surface area contributed by atoms with Crippen molar-refractivity contribution in [3.8, 4) is 0 Å². The van der Waals surface area contributed by atoms with Crippen LogP contribution in [-0.4, -0.2) is 28.6 Å². The van der Waals surface area contributed by atoms with Crippen LogP contribution in [0, 0.1) is 0 Å². The van der Waals surface area contributed by atoms with Crippen LogP contribution in [0.25, 0.3) is 0 Å². The topological polar surface area (TPSA) is 49.3 Å². The van der Waals surface area contributed by atoms with Crippen LogP contribution in [0.2, 0.25) is 0 Å². The van der Waals surface area contributed by atoms with E-state index in [1.807, 2.05) is 23.2 Å². The molecule has 0 saturated heterocycles. The minimum atomic E-state index is -0.813. The van der Waals surface area contributed by atoms with Gasteiger partial charge in [-0.05, 0) is 36.1 Å². The third-order valence-electron chi connectivity index (χ3n) is 3.50. The van der Waals surface area contributed by atoms with E-state index in [0.717, 1.165) is 5.56 Å². The van der Waals surface area contributed by atoms with Crippen LogP contribution in [0.4, 0.5) is 0 Å². The summed E-state index contributed by atoms with van der Waals surface area (Å²) < 4.78 is 0. The standard InChI is InChI=1S/C13H19NO2S2/c1-17-11-5-3-2-4-10(11)14-8-9-6-7-18-12(9)13(15)16/h6-7,10-11,14H,2-5,8H2,1H3,(H,15,16). The van der Waals surface area contributed by atoms with Gasteiger partial charge in [0.2, 0.25) is 0 Å². The first-order chi connectivity index (χ1) is 8.72. The molecule has 2 unspecified atom stereocenters. The van der Waals surface area contributed by atoms with Gasteiger partial charge in [0.15, 0.2) is 0 Å². The number of hydrogen-bond donors (Lipinski definition) is 2. The Bertz CT molecular complexity index is 405. The van der Waals surface area contributed by atoms with Crippen LogP contribution in [0.15, 0.2) is 11.4 Å². The Labute approximate surface area is 116 Å². The number of carboxylic acids is 1. The Kier molecular flexibility index (Phi) is 5.09. The number of hydrogen-bond acceptors (Lipinski definition) is 4. The van der Waals surface area contributed by atoms with Gasteiger partial charge >= 0.3 is 5.97 Å². The molecule has 0 radical (unpaired) electrons. The fourth-order valence-electron chi connectivity index (χ4n) is 2.52. The van der Waals surface area contributed by atoms with Crippen LogP contribution in [-0.2, 0) is 6.54 Å². The summed E-state index contributed by atoms with van der Waals surface area (Å²) in [5.41, 5.74) is 0.915. The van der Waals surface area contributed by atoms with E-state index in [-0.39, 0.29) is 0 Å². The first kappa shape index (κ1) is 13.9. The molecule has 2 atom stereocenters. The highest BCUT2D eigenvalue weighted by molar-refractivity contribution is 7.99. The second-order valence-electron chi connectivity index (χ2n) is 4.63. The summed E-state index contributed by atoms with van der Waals surface area (Å²) in [4.78, 5) is 11.5. The Morgan fingerprint density at radius 3 is 3.06 bits per heavy atom. The summed E-state index contributed by atoms with van der Waals surface area (Å²) in [7, 11) is 0. The number of rotatable bonds is 5. The minimum Gasteiger partial charge on any atom is -0.477 e. The molecule has 100 valence electrons. The van der Waals surface area contributed by atoms with Crippen LogP contribution >= 0.6 is 23.1 Å². The summed E-state index contributed by atoms with van der Waals surface area (Å²) in [6.07, 6.45) is 7.25. The molecule has 1 heterocycles. The average Bonchev–Trinajstić information content (AvgIpc) is 2.85. The van der Waals surface area contributed by atoms with Crippen molar-refractivity contribution in [2.45, 2.75) is 43.5 Å². The van der Waals surface area contributed by atoms with Crippen LogP contribution in [0.3, 0.4) is 0 Å². The number of thioether (sulfide) groups is 1. The maximum Gasteiger partial charge on any atom is 0.346 e. The molecular weight excluding hydrogens is 266 g/mol. The predicted molar refractivity (Wildman–Crippen MR) is 77.7 cm³/mol. The highest BCUT2D eigenvalue weighted by Crippen LogP contribution is 2.27. The van der Waals surface area contributed by atoms with Gasteiger partial charge in [0.1, 0.15) is 4.88 Å². The molecule has 2 rings (SSSR count). The van der Waals surface area contributed by atoms with Crippen molar-refractivity contribution in [3.63, 3.8) is 0 Å². The van der Waals surface area contributed by atoms with E-state index >= 15 is 0 Å². The molecule has 1 fully saturated rings. The van der Waals surface area contributed by atoms with Crippen LogP contribution in [0.1, 0.15) is 40.9 Å². The SMILES string of the molecule is CSC1CCCCC1NCc1ccsc1C(=O)O. The molecule has 0 spiro atoms. The van der Waals surface area contributed by atoms with Gasteiger partial charge in [0, 0.05) is 17.8 Å². The van der Waals surface area contributed by atoms with Crippen molar-refractivity contribution in [2.24, 2.45) is 0 Å². The van der Waals surface area contributed by atoms with E-state index < -0.39 is 5.97 Å². The first-order valence-electron chi connectivity index (χ1n) is 6.28. The van der Waals surface area contributed by atoms with E-state index in [0.29, 0.717) is 22.7 Å². The number of aromatic carboxylic acids is 1. The van der Waals surface area contributed by atoms with E-state index in [1.54, 1.807) is 0 Å². The van der Waals surface area contributed by atoms with E-state index in [4.69, 9.17) is 5.11 Å². The summed E-state index contributed by atoms with van der Waals surface area (Å²) in [6.45, 7) is 0.673. The Hall–Kier alpha value is -0.520. The molecule has 5 heteroatoms. The molecule has 2 N–H and O–H groups in total. The number of thiophene rings is 1. The van der Waals surface area contributed by atoms with E-state index in [9.17, 15) is 4.79 Å². The van der Waals surface area contributed by atoms with Gasteiger partial charge in [-0.3, -0.25) is 0 Å². The van der Waals surface area contributed by atoms with Gasteiger partial charge in [-0.2, -0.15) is 11.8 Å². The molecule has 1 aromatic heterocycles. The van der Waals surface area contributed by atoms with Gasteiger partial charge in [-0.25, -0.2) is 4.79 Å². The maximum atomic E-state index is 11.0. The van der Waals surface area contributed by atoms with Crippen molar-refractivity contribution in [2.75, 3.05) is 6.26 Å². The molecule has 0 aromatic carbocycles. The second-order valence-corrected chi connectivity index (χ2v) is 6.62. The lowest BCUT2D eigenvalue weighted by Crippen LogP contribution is -2.40. The molecule has 0 amide bonds. The molecule has 1 aromatic rings. The van der Waals surface area contributed by atoms with Crippen molar-refractivity contribution >= 4 is 29.1 Å². The zero-order chi connectivity index (χ0) is 13.0. The van der Waals surface area contributed by atoms with Crippen LogP contribution in [0.5, 0.6) is 0 Å². The van der Waals surface area contributed by atoms with Gasteiger partial charge in [0.25, 0.3) is 0 Å². The number of nitrogens with one attached hydrogen (secondary N) is 1. The lowest BCUT2D eigenvalue weighted by Gasteiger charge is -2.31. The van der Waals surface area contributed by atoms with Gasteiger partial charge in [-0.15, -0.1) is 11.3 Å². The predicted octanol–water partition coefficient (Wildman–Crippen LogP) is 3.21. The fourth-order valence-corrected chi connectivity index (χ4v) is 4.24. The average molecular weight is 285 g/mol. The third-order valence-corrected chi connectivity index (χ3v) is 5.62. The van der Waals surface area contributed by atoms with Crippen molar-refractivity contribution in [3.05, 3.63) is 21.9 Å². The van der Waals surface area contributed by atoms with Crippen molar-refractivity contribution < 1.29 is 9.90 Å². The number of carboxylic acid groups (broad SMARTS) is 1. The van der Waals surface area contributed by atoms with Crippen molar-refractivity contribution in [1.29, 1.82) is 0 Å². The molecular formula is C13H19NO2S2. The molecule has 18 heavy (non-hydrogen) atoms. The summed E-state index contributed by atoms with van der Waals surface area (Å²) in [5, 5.41) is 15.1. The summed E-state index contributed by atoms with van der Waals surface area (Å²) >= 11 is 3.23. The Morgan fingerprint density at radius 2 is 2.33 bits per heavy atom. The Morgan fingerprint density at radius 1 is 1.56 bits per heavy atom. The lowest BCUT2D eigenvalue weighted by molar-refractivity contribution is 0.0701. The van der Waals surface area contributed by atoms with Gasteiger partial charge < -0.3 is 10.4 Å². The van der Waals surface area contributed by atoms with Crippen LogP contribution < -0.4 is 5.32 Å². The Balaban J connectivity index is 1.93. The zero-order valence-corrected chi connectivity index (χ0v) is 12.1. The van der Waals surface area contributed by atoms with Gasteiger partial charge in [0.05, 0.1) is 0 Å². The summed E-state index contributed by atoms with van der Waals surface area (Å²) in [5.74, 6) is -0.813. The zero-order valence-electron chi connectivity index (χ0n) is 10.5.